The second-order valence-electron chi connectivity index (χ2n) is 10.2. The molecule has 2 bridgehead atoms. The van der Waals surface area contributed by atoms with Crippen LogP contribution in [0.2, 0.25) is 0 Å². The Bertz CT molecular complexity index is 1190. The maximum Gasteiger partial charge on any atom is 0.254 e. The Labute approximate surface area is 236 Å². The molecule has 0 spiro atoms. The fraction of sp³-hybridized carbons (Fsp3) is 0.517. The molecule has 1 aromatic carbocycles. The van der Waals surface area contributed by atoms with E-state index < -0.39 is 0 Å². The number of hydrazine groups is 1. The smallest absolute Gasteiger partial charge is 0.254 e. The first-order chi connectivity index (χ1) is 19.4. The highest BCUT2D eigenvalue weighted by Crippen LogP contribution is 2.30. The molecular formula is C29H41N7O4. The van der Waals surface area contributed by atoms with Gasteiger partial charge >= 0.3 is 0 Å². The van der Waals surface area contributed by atoms with Crippen molar-refractivity contribution in [2.75, 3.05) is 46.4 Å². The minimum atomic E-state index is -0.100. The Morgan fingerprint density at radius 1 is 1.15 bits per heavy atom. The summed E-state index contributed by atoms with van der Waals surface area (Å²) in [6.45, 7) is 8.19. The van der Waals surface area contributed by atoms with E-state index in [1.165, 1.54) is 0 Å². The molecule has 0 aliphatic carbocycles. The number of carbonyl (C=O) groups is 1. The van der Waals surface area contributed by atoms with Crippen LogP contribution in [0.3, 0.4) is 0 Å². The number of ether oxygens (including phenoxy) is 1. The first kappa shape index (κ1) is 29.3. The third-order valence-corrected chi connectivity index (χ3v) is 7.51. The van der Waals surface area contributed by atoms with Crippen molar-refractivity contribution in [2.45, 2.75) is 52.1 Å². The van der Waals surface area contributed by atoms with E-state index in [2.05, 4.69) is 33.7 Å². The number of methoxy groups -OCH3 is 1. The number of guanidine groups is 1. The number of benzene rings is 1. The summed E-state index contributed by atoms with van der Waals surface area (Å²) in [6.07, 6.45) is 8.48. The average Bonchev–Trinajstić information content (AvgIpc) is 3.04. The second kappa shape index (κ2) is 13.6. The van der Waals surface area contributed by atoms with Crippen LogP contribution in [-0.2, 0) is 6.54 Å². The zero-order chi connectivity index (χ0) is 28.6. The Kier molecular flexibility index (Phi) is 9.94. The number of hydrogen-bond donors (Lipinski definition) is 3. The predicted molar refractivity (Wildman–Crippen MR) is 156 cm³/mol. The highest BCUT2D eigenvalue weighted by atomic mass is 16.5. The number of β-amino-alcohol motifs (C(OH)–C–C–N with tert-alkyl or cyclic N) is 1. The van der Waals surface area contributed by atoms with Crippen molar-refractivity contribution < 1.29 is 19.7 Å². The molecule has 0 unspecified atom stereocenters. The fourth-order valence-corrected chi connectivity index (χ4v) is 5.50. The van der Waals surface area contributed by atoms with Crippen LogP contribution < -0.4 is 4.74 Å². The summed E-state index contributed by atoms with van der Waals surface area (Å²) in [4.78, 5) is 26.0. The summed E-state index contributed by atoms with van der Waals surface area (Å²) in [6, 6.07) is 5.66. The second-order valence-corrected chi connectivity index (χ2v) is 10.2. The molecule has 0 aromatic heterocycles. The van der Waals surface area contributed by atoms with E-state index in [9.17, 15) is 15.0 Å². The lowest BCUT2D eigenvalue weighted by Gasteiger charge is -2.41. The van der Waals surface area contributed by atoms with Gasteiger partial charge in [-0.25, -0.2) is 4.99 Å². The van der Waals surface area contributed by atoms with Gasteiger partial charge in [-0.05, 0) is 31.1 Å². The first-order valence-electron chi connectivity index (χ1n) is 14.1. The van der Waals surface area contributed by atoms with Gasteiger partial charge in [0.05, 0.1) is 43.9 Å². The molecule has 3 aliphatic heterocycles. The van der Waals surface area contributed by atoms with Gasteiger partial charge < -0.3 is 19.8 Å². The minimum Gasteiger partial charge on any atom is -0.515 e. The third-order valence-electron chi connectivity index (χ3n) is 7.51. The van der Waals surface area contributed by atoms with Gasteiger partial charge in [0.25, 0.3) is 5.91 Å². The summed E-state index contributed by atoms with van der Waals surface area (Å²) in [7, 11) is 1.60. The topological polar surface area (TPSA) is 128 Å². The Morgan fingerprint density at radius 2 is 1.88 bits per heavy atom. The van der Waals surface area contributed by atoms with Gasteiger partial charge in [0.2, 0.25) is 5.96 Å². The van der Waals surface area contributed by atoms with Gasteiger partial charge in [-0.15, -0.1) is 0 Å². The fourth-order valence-electron chi connectivity index (χ4n) is 5.50. The van der Waals surface area contributed by atoms with Crippen molar-refractivity contribution >= 4 is 23.4 Å². The van der Waals surface area contributed by atoms with Crippen molar-refractivity contribution in [3.05, 3.63) is 53.4 Å². The molecule has 40 heavy (non-hydrogen) atoms. The number of hydrogen-bond acceptors (Lipinski definition) is 8. The molecule has 216 valence electrons. The van der Waals surface area contributed by atoms with E-state index in [0.29, 0.717) is 54.6 Å². The molecular weight excluding hydrogens is 510 g/mol. The number of nitrogens with zero attached hydrogens (tertiary/aromatic N) is 6. The van der Waals surface area contributed by atoms with Crippen LogP contribution >= 0.6 is 0 Å². The molecule has 11 nitrogen and oxygen atoms in total. The van der Waals surface area contributed by atoms with Gasteiger partial charge in [0.1, 0.15) is 5.75 Å². The number of aliphatic hydroxyl groups excluding tert-OH is 2. The van der Waals surface area contributed by atoms with Crippen molar-refractivity contribution in [3.63, 3.8) is 0 Å². The van der Waals surface area contributed by atoms with Crippen LogP contribution in [0.1, 0.15) is 55.5 Å². The third kappa shape index (κ3) is 6.37. The zero-order valence-corrected chi connectivity index (χ0v) is 23.7. The lowest BCUT2D eigenvalue weighted by Crippen LogP contribution is -2.50. The maximum absolute atomic E-state index is 13.3. The molecule has 1 fully saturated rings. The molecule has 3 heterocycles. The van der Waals surface area contributed by atoms with E-state index in [1.54, 1.807) is 19.3 Å². The molecule has 11 heteroatoms. The number of piperazine rings is 1. The molecule has 0 radical (unpaired) electrons. The Balaban J connectivity index is 1.62. The maximum atomic E-state index is 13.3. The van der Waals surface area contributed by atoms with Crippen molar-refractivity contribution in [1.29, 1.82) is 5.41 Å². The Morgan fingerprint density at radius 3 is 2.50 bits per heavy atom. The van der Waals surface area contributed by atoms with E-state index >= 15 is 0 Å². The summed E-state index contributed by atoms with van der Waals surface area (Å²) in [5.74, 6) is 0.975. The van der Waals surface area contributed by atoms with Crippen molar-refractivity contribution in [1.82, 2.24) is 19.8 Å². The van der Waals surface area contributed by atoms with Crippen LogP contribution in [0, 0.1) is 5.41 Å². The van der Waals surface area contributed by atoms with E-state index in [4.69, 9.17) is 10.1 Å². The number of carbonyl (C=O) groups excluding carboxylic acids is 1. The number of amidine groups is 1. The zero-order valence-electron chi connectivity index (χ0n) is 23.7. The van der Waals surface area contributed by atoms with Gasteiger partial charge in [-0.1, -0.05) is 32.8 Å². The monoisotopic (exact) mass is 551 g/mol. The molecule has 1 aromatic rings. The average molecular weight is 552 g/mol. The number of aliphatic hydroxyl groups is 2. The normalized spacial score (nSPS) is 18.8. The number of allylic oxidation sites excluding steroid dienone is 1. The molecule has 1 amide bonds. The molecule has 3 aliphatic rings. The molecule has 0 atom stereocenters. The summed E-state index contributed by atoms with van der Waals surface area (Å²) in [5, 5.41) is 31.6. The lowest BCUT2D eigenvalue weighted by molar-refractivity contribution is 0.0417. The highest BCUT2D eigenvalue weighted by Gasteiger charge is 2.34. The van der Waals surface area contributed by atoms with E-state index in [0.717, 1.165) is 50.6 Å². The van der Waals surface area contributed by atoms with E-state index in [1.807, 2.05) is 28.2 Å². The number of rotatable bonds is 11. The summed E-state index contributed by atoms with van der Waals surface area (Å²) < 4.78 is 5.77. The van der Waals surface area contributed by atoms with Crippen LogP contribution in [0.15, 0.2) is 52.3 Å². The molecule has 4 rings (SSSR count). The summed E-state index contributed by atoms with van der Waals surface area (Å²) in [5.41, 5.74) is 2.43. The van der Waals surface area contributed by atoms with Crippen LogP contribution in [0.4, 0.5) is 0 Å². The van der Waals surface area contributed by atoms with Crippen LogP contribution in [-0.4, -0.2) is 106 Å². The van der Waals surface area contributed by atoms with Gasteiger partial charge in [-0.2, -0.15) is 4.99 Å². The van der Waals surface area contributed by atoms with Crippen LogP contribution in [0.5, 0.6) is 5.75 Å². The lowest BCUT2D eigenvalue weighted by atomic mass is 10.0. The van der Waals surface area contributed by atoms with Gasteiger partial charge in [-0.3, -0.25) is 25.1 Å². The largest absolute Gasteiger partial charge is 0.515 e. The van der Waals surface area contributed by atoms with Gasteiger partial charge in [0.15, 0.2) is 5.84 Å². The molecule has 3 N–H and O–H groups in total. The van der Waals surface area contributed by atoms with Crippen molar-refractivity contribution in [2.24, 2.45) is 9.98 Å². The molecule has 1 saturated heterocycles. The standard InChI is InChI=1S/C29H41N7O4/c1-4-6-23(7-5-2)36-27-24(20-38)25(31-29(30)32-27)10-11-35(36)19-22-9-8-21(18-26(22)40-3)28(39)34-14-12-33(13-15-34)16-17-37/h8-11,18,20,23,30,37-38H,4-7,12-17,19H2,1-3H3. The SMILES string of the molecule is CCCC(CCC)N1C2=NC(=N)N=C(C=CN1Cc1ccc(C(=O)N3CCN(CCO)CC3)cc1OC)C2=CO. The molecule has 0 saturated carbocycles. The summed E-state index contributed by atoms with van der Waals surface area (Å²) >= 11 is 0. The van der Waals surface area contributed by atoms with Crippen molar-refractivity contribution in [3.8, 4) is 5.75 Å². The number of nitrogens with one attached hydrogen (secondary N) is 1. The quantitative estimate of drug-likeness (QED) is 0.360. The van der Waals surface area contributed by atoms with E-state index in [-0.39, 0.29) is 24.5 Å². The minimum absolute atomic E-state index is 0.0341. The Hall–Kier alpha value is -3.70. The first-order valence-corrected chi connectivity index (χ1v) is 14.1. The number of fused-ring (bicyclic) bond motifs is 2. The number of aliphatic imine (C=N–C) groups is 2. The predicted octanol–water partition coefficient (Wildman–Crippen LogP) is 3.19. The van der Waals surface area contributed by atoms with Crippen LogP contribution in [0.25, 0.3) is 0 Å². The number of amides is 1. The van der Waals surface area contributed by atoms with Gasteiger partial charge in [0, 0.05) is 50.1 Å². The highest BCUT2D eigenvalue weighted by molar-refractivity contribution is 6.33.